The predicted octanol–water partition coefficient (Wildman–Crippen LogP) is 7.53. The van der Waals surface area contributed by atoms with Crippen molar-refractivity contribution in [3.63, 3.8) is 0 Å². The van der Waals surface area contributed by atoms with Gasteiger partial charge in [-0.2, -0.15) is 0 Å². The number of hydrogen-bond donors (Lipinski definition) is 0. The molecule has 31 heavy (non-hydrogen) atoms. The SMILES string of the molecule is Cc1ccc(-c2ccc(C(C)(C)C)cc2-c2ccc(F)cn2)c(-c2ncccc2C)c1. The molecule has 0 saturated carbocycles. The monoisotopic (exact) mass is 410 g/mol. The molecule has 0 unspecified atom stereocenters. The molecule has 2 heterocycles. The van der Waals surface area contributed by atoms with Gasteiger partial charge in [0.05, 0.1) is 17.6 Å². The van der Waals surface area contributed by atoms with Crippen LogP contribution in [0.25, 0.3) is 33.6 Å². The first-order chi connectivity index (χ1) is 14.7. The number of hydrogen-bond acceptors (Lipinski definition) is 2. The summed E-state index contributed by atoms with van der Waals surface area (Å²) < 4.78 is 13.6. The Morgan fingerprint density at radius 3 is 2.16 bits per heavy atom. The first-order valence-electron chi connectivity index (χ1n) is 10.5. The van der Waals surface area contributed by atoms with Crippen molar-refractivity contribution in [2.24, 2.45) is 0 Å². The van der Waals surface area contributed by atoms with E-state index in [1.165, 1.54) is 23.4 Å². The predicted molar refractivity (Wildman–Crippen MR) is 126 cm³/mol. The molecule has 0 aliphatic rings. The largest absolute Gasteiger partial charge is 0.256 e. The first kappa shape index (κ1) is 20.9. The van der Waals surface area contributed by atoms with Gasteiger partial charge in [0.15, 0.2) is 0 Å². The fraction of sp³-hybridized carbons (Fsp3) is 0.214. The summed E-state index contributed by atoms with van der Waals surface area (Å²) in [7, 11) is 0. The zero-order chi connectivity index (χ0) is 22.2. The molecule has 0 spiro atoms. The Morgan fingerprint density at radius 2 is 1.48 bits per heavy atom. The van der Waals surface area contributed by atoms with E-state index in [0.29, 0.717) is 0 Å². The number of rotatable bonds is 3. The van der Waals surface area contributed by atoms with E-state index in [9.17, 15) is 4.39 Å². The van der Waals surface area contributed by atoms with E-state index in [2.05, 4.69) is 87.1 Å². The van der Waals surface area contributed by atoms with Crippen LogP contribution in [0.15, 0.2) is 73.1 Å². The summed E-state index contributed by atoms with van der Waals surface area (Å²) in [5.41, 5.74) is 9.46. The topological polar surface area (TPSA) is 25.8 Å². The van der Waals surface area contributed by atoms with Crippen LogP contribution >= 0.6 is 0 Å². The van der Waals surface area contributed by atoms with Crippen molar-refractivity contribution in [2.45, 2.75) is 40.0 Å². The van der Waals surface area contributed by atoms with Gasteiger partial charge >= 0.3 is 0 Å². The van der Waals surface area contributed by atoms with E-state index in [-0.39, 0.29) is 11.2 Å². The molecule has 4 aromatic rings. The number of benzene rings is 2. The zero-order valence-corrected chi connectivity index (χ0v) is 18.7. The van der Waals surface area contributed by atoms with Gasteiger partial charge in [0.2, 0.25) is 0 Å². The van der Waals surface area contributed by atoms with Crippen LogP contribution in [0.3, 0.4) is 0 Å². The fourth-order valence-electron chi connectivity index (χ4n) is 3.85. The fourth-order valence-corrected chi connectivity index (χ4v) is 3.85. The molecular weight excluding hydrogens is 383 g/mol. The minimum atomic E-state index is -0.336. The van der Waals surface area contributed by atoms with Gasteiger partial charge in [0, 0.05) is 17.3 Å². The molecular formula is C28H27FN2. The van der Waals surface area contributed by atoms with Gasteiger partial charge in [-0.25, -0.2) is 4.39 Å². The summed E-state index contributed by atoms with van der Waals surface area (Å²) in [6, 6.07) is 20.2. The van der Waals surface area contributed by atoms with Crippen LogP contribution in [0.1, 0.15) is 37.5 Å². The Balaban J connectivity index is 2.01. The lowest BCUT2D eigenvalue weighted by Gasteiger charge is -2.22. The Labute approximate surface area is 183 Å². The molecule has 4 rings (SSSR count). The minimum absolute atomic E-state index is 0.0129. The molecule has 2 aromatic carbocycles. The average Bonchev–Trinajstić information content (AvgIpc) is 2.74. The maximum absolute atomic E-state index is 13.6. The lowest BCUT2D eigenvalue weighted by atomic mass is 9.82. The number of nitrogens with zero attached hydrogens (tertiary/aromatic N) is 2. The summed E-state index contributed by atoms with van der Waals surface area (Å²) in [5, 5.41) is 0. The van der Waals surface area contributed by atoms with Gasteiger partial charge in [-0.15, -0.1) is 0 Å². The van der Waals surface area contributed by atoms with Crippen molar-refractivity contribution in [3.05, 3.63) is 95.6 Å². The van der Waals surface area contributed by atoms with Crippen LogP contribution < -0.4 is 0 Å². The highest BCUT2D eigenvalue weighted by Gasteiger charge is 2.20. The summed E-state index contributed by atoms with van der Waals surface area (Å²) >= 11 is 0. The Morgan fingerprint density at radius 1 is 0.742 bits per heavy atom. The molecule has 0 aliphatic heterocycles. The normalized spacial score (nSPS) is 11.5. The maximum atomic E-state index is 13.6. The van der Waals surface area contributed by atoms with E-state index in [1.54, 1.807) is 6.07 Å². The molecule has 0 aliphatic carbocycles. The summed E-state index contributed by atoms with van der Waals surface area (Å²) in [5.74, 6) is -0.336. The lowest BCUT2D eigenvalue weighted by Crippen LogP contribution is -2.11. The van der Waals surface area contributed by atoms with Gasteiger partial charge < -0.3 is 0 Å². The number of aryl methyl sites for hydroxylation is 2. The summed E-state index contributed by atoms with van der Waals surface area (Å²) in [6.07, 6.45) is 3.11. The molecule has 3 heteroatoms. The quantitative estimate of drug-likeness (QED) is 0.349. The molecule has 0 radical (unpaired) electrons. The number of halogens is 1. The Hall–Kier alpha value is -3.33. The third-order valence-corrected chi connectivity index (χ3v) is 5.62. The van der Waals surface area contributed by atoms with Crippen LogP contribution in [0, 0.1) is 19.7 Å². The van der Waals surface area contributed by atoms with Crippen molar-refractivity contribution in [1.82, 2.24) is 9.97 Å². The highest BCUT2D eigenvalue weighted by molar-refractivity contribution is 5.91. The molecule has 0 amide bonds. The molecule has 0 N–H and O–H groups in total. The van der Waals surface area contributed by atoms with Crippen LogP contribution in [0.4, 0.5) is 4.39 Å². The van der Waals surface area contributed by atoms with Crippen LogP contribution in [-0.2, 0) is 5.41 Å². The van der Waals surface area contributed by atoms with E-state index in [4.69, 9.17) is 0 Å². The van der Waals surface area contributed by atoms with Crippen molar-refractivity contribution in [1.29, 1.82) is 0 Å². The van der Waals surface area contributed by atoms with Gasteiger partial charge in [-0.1, -0.05) is 56.7 Å². The zero-order valence-electron chi connectivity index (χ0n) is 18.7. The van der Waals surface area contributed by atoms with Crippen LogP contribution in [0.5, 0.6) is 0 Å². The van der Waals surface area contributed by atoms with E-state index in [0.717, 1.165) is 39.2 Å². The minimum Gasteiger partial charge on any atom is -0.256 e. The van der Waals surface area contributed by atoms with Gasteiger partial charge in [0.25, 0.3) is 0 Å². The average molecular weight is 411 g/mol. The lowest BCUT2D eigenvalue weighted by molar-refractivity contribution is 0.590. The standard InChI is InChI=1S/C28H27FN2/c1-18-8-11-23(25(15-18)27-19(2)7-6-14-30-27)22-12-9-20(28(3,4)5)16-24(22)26-13-10-21(29)17-31-26/h6-17H,1-5H3. The van der Waals surface area contributed by atoms with E-state index >= 15 is 0 Å². The summed E-state index contributed by atoms with van der Waals surface area (Å²) in [6.45, 7) is 10.8. The first-order valence-corrected chi connectivity index (χ1v) is 10.5. The second-order valence-corrected chi connectivity index (χ2v) is 9.09. The molecule has 0 bridgehead atoms. The van der Waals surface area contributed by atoms with Gasteiger partial charge in [-0.3, -0.25) is 9.97 Å². The Kier molecular flexibility index (Phi) is 5.45. The smallest absolute Gasteiger partial charge is 0.141 e. The molecule has 0 atom stereocenters. The number of aromatic nitrogens is 2. The van der Waals surface area contributed by atoms with E-state index < -0.39 is 0 Å². The molecule has 0 fully saturated rings. The molecule has 156 valence electrons. The highest BCUT2D eigenvalue weighted by atomic mass is 19.1. The van der Waals surface area contributed by atoms with Crippen molar-refractivity contribution in [2.75, 3.05) is 0 Å². The van der Waals surface area contributed by atoms with Crippen LogP contribution in [0.2, 0.25) is 0 Å². The van der Waals surface area contributed by atoms with Crippen molar-refractivity contribution >= 4 is 0 Å². The third-order valence-electron chi connectivity index (χ3n) is 5.62. The van der Waals surface area contributed by atoms with Crippen molar-refractivity contribution in [3.8, 4) is 33.6 Å². The third kappa shape index (κ3) is 4.27. The molecule has 2 nitrogen and oxygen atoms in total. The second kappa shape index (κ2) is 8.07. The van der Waals surface area contributed by atoms with Crippen LogP contribution in [-0.4, -0.2) is 9.97 Å². The van der Waals surface area contributed by atoms with E-state index in [1.807, 2.05) is 12.3 Å². The number of pyridine rings is 2. The van der Waals surface area contributed by atoms with Gasteiger partial charge in [0.1, 0.15) is 5.82 Å². The molecule has 2 aromatic heterocycles. The van der Waals surface area contributed by atoms with Crippen molar-refractivity contribution < 1.29 is 4.39 Å². The van der Waals surface area contributed by atoms with Gasteiger partial charge in [-0.05, 0) is 71.8 Å². The maximum Gasteiger partial charge on any atom is 0.141 e. The highest BCUT2D eigenvalue weighted by Crippen LogP contribution is 2.40. The Bertz CT molecular complexity index is 1230. The second-order valence-electron chi connectivity index (χ2n) is 9.09. The molecule has 0 saturated heterocycles. The summed E-state index contributed by atoms with van der Waals surface area (Å²) in [4.78, 5) is 9.09.